The summed E-state index contributed by atoms with van der Waals surface area (Å²) >= 11 is 0. The number of primary amides is 1. The summed E-state index contributed by atoms with van der Waals surface area (Å²) in [6.07, 6.45) is -2.87. The molecule has 31 heavy (non-hydrogen) atoms. The van der Waals surface area contributed by atoms with Crippen molar-refractivity contribution in [3.05, 3.63) is 0 Å². The smallest absolute Gasteiger partial charge is 0.326 e. The van der Waals surface area contributed by atoms with Gasteiger partial charge in [-0.3, -0.25) is 28.8 Å². The van der Waals surface area contributed by atoms with Crippen molar-refractivity contribution in [2.45, 2.75) is 43.4 Å². The van der Waals surface area contributed by atoms with Crippen LogP contribution in [0, 0.1) is 0 Å². The van der Waals surface area contributed by atoms with Crippen molar-refractivity contribution in [2.75, 3.05) is 6.61 Å². The molecule has 11 N–H and O–H groups in total. The minimum Gasteiger partial charge on any atom is -0.481 e. The van der Waals surface area contributed by atoms with Crippen LogP contribution in [0.5, 0.6) is 0 Å². The average Bonchev–Trinajstić information content (AvgIpc) is 2.64. The fourth-order valence-corrected chi connectivity index (χ4v) is 2.08. The fourth-order valence-electron chi connectivity index (χ4n) is 2.08. The summed E-state index contributed by atoms with van der Waals surface area (Å²) in [5.41, 5.74) is 10.1. The number of aliphatic hydroxyl groups is 1. The number of nitrogens with one attached hydrogen (secondary N) is 3. The molecule has 0 rings (SSSR count). The first-order chi connectivity index (χ1) is 14.3. The first-order valence-corrected chi connectivity index (χ1v) is 8.50. The van der Waals surface area contributed by atoms with Crippen LogP contribution >= 0.6 is 0 Å². The van der Waals surface area contributed by atoms with Gasteiger partial charge in [-0.25, -0.2) is 4.79 Å². The Kier molecular flexibility index (Phi) is 11.2. The third-order valence-corrected chi connectivity index (χ3v) is 3.58. The van der Waals surface area contributed by atoms with Crippen LogP contribution in [-0.4, -0.2) is 92.7 Å². The zero-order valence-corrected chi connectivity index (χ0v) is 15.9. The summed E-state index contributed by atoms with van der Waals surface area (Å²) in [5, 5.41) is 41.3. The van der Waals surface area contributed by atoms with E-state index in [9.17, 15) is 33.6 Å². The molecule has 0 saturated carbocycles. The lowest BCUT2D eigenvalue weighted by atomic mass is 10.1. The molecule has 4 unspecified atom stereocenters. The Bertz CT molecular complexity index is 741. The molecule has 0 saturated heterocycles. The zero-order valence-electron chi connectivity index (χ0n) is 15.9. The van der Waals surface area contributed by atoms with Crippen molar-refractivity contribution in [2.24, 2.45) is 11.5 Å². The molecule has 0 heterocycles. The number of rotatable bonds is 14. The van der Waals surface area contributed by atoms with Crippen LogP contribution in [0.2, 0.25) is 0 Å². The summed E-state index contributed by atoms with van der Waals surface area (Å²) < 4.78 is 0. The highest BCUT2D eigenvalue weighted by molar-refractivity contribution is 5.97. The number of hydrogen-bond acceptors (Lipinski definition) is 9. The maximum atomic E-state index is 12.4. The Hall–Kier alpha value is -3.79. The van der Waals surface area contributed by atoms with Gasteiger partial charge in [0.25, 0.3) is 0 Å². The van der Waals surface area contributed by atoms with E-state index in [4.69, 9.17) is 31.9 Å². The summed E-state index contributed by atoms with van der Waals surface area (Å²) in [4.78, 5) is 80.4. The second kappa shape index (κ2) is 12.7. The molecule has 0 aromatic heterocycles. The normalized spacial score (nSPS) is 14.3. The largest absolute Gasteiger partial charge is 0.481 e. The fraction of sp³-hybridized carbons (Fsp3) is 0.533. The van der Waals surface area contributed by atoms with E-state index in [1.165, 1.54) is 0 Å². The van der Waals surface area contributed by atoms with Crippen molar-refractivity contribution >= 4 is 41.5 Å². The number of amides is 4. The molecule has 0 fully saturated rings. The van der Waals surface area contributed by atoms with Gasteiger partial charge in [-0.05, 0) is 0 Å². The van der Waals surface area contributed by atoms with E-state index in [2.05, 4.69) is 0 Å². The van der Waals surface area contributed by atoms with Crippen molar-refractivity contribution in [3.63, 3.8) is 0 Å². The third kappa shape index (κ3) is 10.5. The Morgan fingerprint density at radius 3 is 1.39 bits per heavy atom. The standard InChI is InChI=1S/C15H23N5O11/c16-5(4-21)12(27)18-6(2-10(23)24)13(28)19-7(3-11(25)26)14(29)20-8(15(30)31)1-9(17)22/h5-8,21H,1-4,16H2,(H2,17,22)(H,18,27)(H,19,28)(H,20,29)(H,23,24)(H,25,26)(H,30,31). The van der Waals surface area contributed by atoms with Crippen molar-refractivity contribution in [1.82, 2.24) is 16.0 Å². The van der Waals surface area contributed by atoms with Crippen LogP contribution in [0.4, 0.5) is 0 Å². The van der Waals surface area contributed by atoms with Crippen LogP contribution < -0.4 is 27.4 Å². The Labute approximate surface area is 173 Å². The molecular formula is C15H23N5O11. The van der Waals surface area contributed by atoms with Gasteiger partial charge >= 0.3 is 17.9 Å². The molecule has 0 aliphatic heterocycles. The van der Waals surface area contributed by atoms with Crippen LogP contribution in [0.25, 0.3) is 0 Å². The van der Waals surface area contributed by atoms with E-state index in [1.807, 2.05) is 16.0 Å². The summed E-state index contributed by atoms with van der Waals surface area (Å²) in [5.74, 6) is -9.62. The highest BCUT2D eigenvalue weighted by Crippen LogP contribution is 2.01. The van der Waals surface area contributed by atoms with Crippen LogP contribution in [0.1, 0.15) is 19.3 Å². The molecule has 0 spiro atoms. The van der Waals surface area contributed by atoms with Gasteiger partial charge in [-0.1, -0.05) is 0 Å². The Morgan fingerprint density at radius 2 is 1.06 bits per heavy atom. The van der Waals surface area contributed by atoms with E-state index in [-0.39, 0.29) is 0 Å². The number of aliphatic carboxylic acids is 3. The molecule has 174 valence electrons. The maximum absolute atomic E-state index is 12.4. The third-order valence-electron chi connectivity index (χ3n) is 3.58. The zero-order chi connectivity index (χ0) is 24.3. The molecule has 0 radical (unpaired) electrons. The van der Waals surface area contributed by atoms with Gasteiger partial charge in [0.05, 0.1) is 25.9 Å². The predicted octanol–water partition coefficient (Wildman–Crippen LogP) is -5.33. The molecule has 16 nitrogen and oxygen atoms in total. The van der Waals surface area contributed by atoms with Gasteiger partial charge in [0, 0.05) is 0 Å². The number of nitrogens with two attached hydrogens (primary N) is 2. The molecule has 0 aromatic rings. The molecular weight excluding hydrogens is 426 g/mol. The molecule has 0 aliphatic carbocycles. The second-order valence-electron chi connectivity index (χ2n) is 6.18. The summed E-state index contributed by atoms with van der Waals surface area (Å²) in [7, 11) is 0. The van der Waals surface area contributed by atoms with Gasteiger partial charge in [0.1, 0.15) is 24.2 Å². The van der Waals surface area contributed by atoms with E-state index in [0.29, 0.717) is 0 Å². The molecule has 16 heteroatoms. The van der Waals surface area contributed by atoms with Gasteiger partial charge in [0.15, 0.2) is 0 Å². The lowest BCUT2D eigenvalue weighted by Gasteiger charge is -2.23. The predicted molar refractivity (Wildman–Crippen MR) is 96.8 cm³/mol. The molecule has 0 bridgehead atoms. The van der Waals surface area contributed by atoms with Crippen LogP contribution in [0.3, 0.4) is 0 Å². The number of carboxylic acid groups (broad SMARTS) is 3. The lowest BCUT2D eigenvalue weighted by molar-refractivity contribution is -0.145. The van der Waals surface area contributed by atoms with Gasteiger partial charge in [-0.15, -0.1) is 0 Å². The van der Waals surface area contributed by atoms with E-state index < -0.39 is 91.6 Å². The number of hydrogen-bond donors (Lipinski definition) is 9. The van der Waals surface area contributed by atoms with E-state index in [1.54, 1.807) is 0 Å². The average molecular weight is 449 g/mol. The summed E-state index contributed by atoms with van der Waals surface area (Å²) in [6, 6.07) is -7.03. The summed E-state index contributed by atoms with van der Waals surface area (Å²) in [6.45, 7) is -0.826. The van der Waals surface area contributed by atoms with E-state index >= 15 is 0 Å². The topological polar surface area (TPSA) is 289 Å². The van der Waals surface area contributed by atoms with Gasteiger partial charge in [0.2, 0.25) is 23.6 Å². The SMILES string of the molecule is NC(=O)CC(NC(=O)C(CC(=O)O)NC(=O)C(CC(=O)O)NC(=O)C(N)CO)C(=O)O. The minimum absolute atomic E-state index is 0.826. The quantitative estimate of drug-likeness (QED) is 0.120. The van der Waals surface area contributed by atoms with E-state index in [0.717, 1.165) is 0 Å². The molecule has 0 aromatic carbocycles. The van der Waals surface area contributed by atoms with Crippen LogP contribution in [-0.2, 0) is 33.6 Å². The lowest BCUT2D eigenvalue weighted by Crippen LogP contribution is -2.58. The second-order valence-corrected chi connectivity index (χ2v) is 6.18. The monoisotopic (exact) mass is 449 g/mol. The van der Waals surface area contributed by atoms with Gasteiger partial charge in [-0.2, -0.15) is 0 Å². The first kappa shape index (κ1) is 27.2. The first-order valence-electron chi connectivity index (χ1n) is 8.50. The van der Waals surface area contributed by atoms with Crippen molar-refractivity contribution in [1.29, 1.82) is 0 Å². The highest BCUT2D eigenvalue weighted by atomic mass is 16.4. The number of carbonyl (C=O) groups is 7. The molecule has 0 aliphatic rings. The van der Waals surface area contributed by atoms with Crippen molar-refractivity contribution in [3.8, 4) is 0 Å². The number of carbonyl (C=O) groups excluding carboxylic acids is 4. The Balaban J connectivity index is 5.53. The van der Waals surface area contributed by atoms with Crippen molar-refractivity contribution < 1.29 is 54.0 Å². The minimum atomic E-state index is -1.90. The molecule has 4 atom stereocenters. The number of carboxylic acids is 3. The maximum Gasteiger partial charge on any atom is 0.326 e. The van der Waals surface area contributed by atoms with Gasteiger partial charge < -0.3 is 47.8 Å². The Morgan fingerprint density at radius 1 is 0.677 bits per heavy atom. The van der Waals surface area contributed by atoms with Crippen LogP contribution in [0.15, 0.2) is 0 Å². The highest BCUT2D eigenvalue weighted by Gasteiger charge is 2.32. The molecule has 4 amide bonds. The number of aliphatic hydroxyl groups excluding tert-OH is 1.